The number of nitrogens with zero attached hydrogens (tertiary/aromatic N) is 1. The maximum atomic E-state index is 12.0. The van der Waals surface area contributed by atoms with E-state index in [0.29, 0.717) is 17.3 Å². The normalized spacial score (nSPS) is 13.8. The molecule has 1 aromatic heterocycles. The largest absolute Gasteiger partial charge is 0.349 e. The number of hydrogen-bond acceptors (Lipinski definition) is 4. The summed E-state index contributed by atoms with van der Waals surface area (Å²) >= 11 is 5.81. The number of anilines is 1. The van der Waals surface area contributed by atoms with Crippen LogP contribution in [0.1, 0.15) is 37.6 Å². The Morgan fingerprint density at radius 2 is 2.17 bits per heavy atom. The van der Waals surface area contributed by atoms with Crippen molar-refractivity contribution >= 4 is 23.3 Å². The highest BCUT2D eigenvalue weighted by Crippen LogP contribution is 2.15. The van der Waals surface area contributed by atoms with Gasteiger partial charge in [0, 0.05) is 11.6 Å². The highest BCUT2D eigenvalue weighted by Gasteiger charge is 2.15. The first kappa shape index (κ1) is 14.7. The lowest BCUT2D eigenvalue weighted by molar-refractivity contribution is 0.0928. The Bertz CT molecular complexity index is 425. The molecule has 2 unspecified atom stereocenters. The van der Waals surface area contributed by atoms with Crippen molar-refractivity contribution in [2.75, 3.05) is 5.43 Å². The van der Waals surface area contributed by atoms with Crippen molar-refractivity contribution in [3.63, 3.8) is 0 Å². The van der Waals surface area contributed by atoms with Gasteiger partial charge in [-0.2, -0.15) is 0 Å². The van der Waals surface area contributed by atoms with E-state index < -0.39 is 0 Å². The number of nitrogens with two attached hydrogens (primary N) is 1. The first-order chi connectivity index (χ1) is 8.47. The van der Waals surface area contributed by atoms with Gasteiger partial charge in [0.2, 0.25) is 0 Å². The molecule has 1 rings (SSSR count). The molecule has 0 radical (unpaired) electrons. The van der Waals surface area contributed by atoms with Crippen molar-refractivity contribution in [1.29, 1.82) is 0 Å². The van der Waals surface area contributed by atoms with Crippen LogP contribution in [-0.4, -0.2) is 16.9 Å². The molecular formula is C12H19ClN4O. The Balaban J connectivity index is 2.81. The van der Waals surface area contributed by atoms with E-state index in [9.17, 15) is 4.79 Å². The molecule has 18 heavy (non-hydrogen) atoms. The molecule has 0 saturated carbocycles. The summed E-state index contributed by atoms with van der Waals surface area (Å²) in [6, 6.07) is 3.18. The first-order valence-corrected chi connectivity index (χ1v) is 6.30. The second-order valence-electron chi connectivity index (χ2n) is 4.36. The van der Waals surface area contributed by atoms with E-state index in [1.807, 2.05) is 6.92 Å². The SMILES string of the molecule is CCC(C)C(C)NC(=O)c1cc(Cl)nc(NN)c1. The molecule has 100 valence electrons. The molecule has 0 bridgehead atoms. The summed E-state index contributed by atoms with van der Waals surface area (Å²) in [6.07, 6.45) is 1.01. The smallest absolute Gasteiger partial charge is 0.251 e. The number of carbonyl (C=O) groups excluding carboxylic acids is 1. The molecule has 0 aliphatic carbocycles. The summed E-state index contributed by atoms with van der Waals surface area (Å²) < 4.78 is 0. The highest BCUT2D eigenvalue weighted by atomic mass is 35.5. The van der Waals surface area contributed by atoms with Gasteiger partial charge in [0.25, 0.3) is 5.91 Å². The van der Waals surface area contributed by atoms with E-state index in [1.165, 1.54) is 6.07 Å². The number of halogens is 1. The van der Waals surface area contributed by atoms with Crippen molar-refractivity contribution in [3.8, 4) is 0 Å². The summed E-state index contributed by atoms with van der Waals surface area (Å²) in [5.74, 6) is 5.86. The fourth-order valence-corrected chi connectivity index (χ4v) is 1.70. The zero-order valence-electron chi connectivity index (χ0n) is 10.8. The number of carbonyl (C=O) groups is 1. The van der Waals surface area contributed by atoms with Crippen LogP contribution in [0.15, 0.2) is 12.1 Å². The maximum absolute atomic E-state index is 12.0. The van der Waals surface area contributed by atoms with Gasteiger partial charge >= 0.3 is 0 Å². The van der Waals surface area contributed by atoms with Gasteiger partial charge in [-0.1, -0.05) is 31.9 Å². The van der Waals surface area contributed by atoms with Gasteiger partial charge in [0.05, 0.1) is 0 Å². The summed E-state index contributed by atoms with van der Waals surface area (Å²) in [5.41, 5.74) is 2.82. The third-order valence-corrected chi connectivity index (χ3v) is 3.25. The lowest BCUT2D eigenvalue weighted by Gasteiger charge is -2.20. The fraction of sp³-hybridized carbons (Fsp3) is 0.500. The van der Waals surface area contributed by atoms with E-state index >= 15 is 0 Å². The van der Waals surface area contributed by atoms with Gasteiger partial charge < -0.3 is 10.7 Å². The predicted octanol–water partition coefficient (Wildman–Crippen LogP) is 2.18. The van der Waals surface area contributed by atoms with Crippen LogP contribution < -0.4 is 16.6 Å². The number of hydrazine groups is 1. The summed E-state index contributed by atoms with van der Waals surface area (Å²) in [7, 11) is 0. The minimum Gasteiger partial charge on any atom is -0.349 e. The van der Waals surface area contributed by atoms with Gasteiger partial charge in [-0.25, -0.2) is 10.8 Å². The van der Waals surface area contributed by atoms with Crippen LogP contribution in [0.4, 0.5) is 5.82 Å². The van der Waals surface area contributed by atoms with Crippen molar-refractivity contribution in [2.45, 2.75) is 33.2 Å². The van der Waals surface area contributed by atoms with E-state index in [0.717, 1.165) is 6.42 Å². The Hall–Kier alpha value is -1.33. The molecule has 1 heterocycles. The molecule has 0 fully saturated rings. The Morgan fingerprint density at radius 1 is 1.50 bits per heavy atom. The highest BCUT2D eigenvalue weighted by molar-refractivity contribution is 6.29. The standard InChI is InChI=1S/C12H19ClN4O/c1-4-7(2)8(3)15-12(18)9-5-10(13)16-11(6-9)17-14/h5-8H,4,14H2,1-3H3,(H,15,18)(H,16,17). The molecule has 6 heteroatoms. The van der Waals surface area contributed by atoms with E-state index in [1.54, 1.807) is 6.07 Å². The molecule has 0 aliphatic heterocycles. The number of rotatable bonds is 5. The van der Waals surface area contributed by atoms with Gasteiger partial charge in [0.15, 0.2) is 0 Å². The van der Waals surface area contributed by atoms with Crippen molar-refractivity contribution in [2.24, 2.45) is 11.8 Å². The second kappa shape index (κ2) is 6.56. The number of aromatic nitrogens is 1. The number of nitrogens with one attached hydrogen (secondary N) is 2. The van der Waals surface area contributed by atoms with Gasteiger partial charge in [-0.3, -0.25) is 4.79 Å². The molecule has 0 aromatic carbocycles. The Morgan fingerprint density at radius 3 is 2.72 bits per heavy atom. The second-order valence-corrected chi connectivity index (χ2v) is 4.74. The Kier molecular flexibility index (Phi) is 5.37. The monoisotopic (exact) mass is 270 g/mol. The zero-order chi connectivity index (χ0) is 13.7. The molecule has 5 nitrogen and oxygen atoms in total. The minimum absolute atomic E-state index is 0.101. The van der Waals surface area contributed by atoms with Crippen LogP contribution in [0, 0.1) is 5.92 Å². The summed E-state index contributed by atoms with van der Waals surface area (Å²) in [6.45, 7) is 6.17. The van der Waals surface area contributed by atoms with E-state index in [2.05, 4.69) is 29.6 Å². The molecule has 2 atom stereocenters. The van der Waals surface area contributed by atoms with Crippen LogP contribution >= 0.6 is 11.6 Å². The average molecular weight is 271 g/mol. The predicted molar refractivity (Wildman–Crippen MR) is 73.4 cm³/mol. The molecular weight excluding hydrogens is 252 g/mol. The van der Waals surface area contributed by atoms with Crippen LogP contribution in [-0.2, 0) is 0 Å². The lowest BCUT2D eigenvalue weighted by Crippen LogP contribution is -2.37. The molecule has 1 aromatic rings. The molecule has 1 amide bonds. The third-order valence-electron chi connectivity index (χ3n) is 3.06. The van der Waals surface area contributed by atoms with Crippen LogP contribution in [0.5, 0.6) is 0 Å². The van der Waals surface area contributed by atoms with Crippen molar-refractivity contribution in [3.05, 3.63) is 22.8 Å². The number of amides is 1. The topological polar surface area (TPSA) is 80.0 Å². The van der Waals surface area contributed by atoms with Gasteiger partial charge in [-0.15, -0.1) is 0 Å². The lowest BCUT2D eigenvalue weighted by atomic mass is 10.0. The van der Waals surface area contributed by atoms with Crippen LogP contribution in [0.25, 0.3) is 0 Å². The molecule has 4 N–H and O–H groups in total. The Labute approximate surface area is 112 Å². The summed E-state index contributed by atoms with van der Waals surface area (Å²) in [5, 5.41) is 3.16. The minimum atomic E-state index is -0.177. The number of hydrogen-bond donors (Lipinski definition) is 3. The molecule has 0 spiro atoms. The van der Waals surface area contributed by atoms with Gasteiger partial charge in [0.1, 0.15) is 11.0 Å². The van der Waals surface area contributed by atoms with Crippen LogP contribution in [0.2, 0.25) is 5.15 Å². The average Bonchev–Trinajstić information content (AvgIpc) is 2.36. The fourth-order valence-electron chi connectivity index (χ4n) is 1.49. The number of pyridine rings is 1. The van der Waals surface area contributed by atoms with E-state index in [4.69, 9.17) is 17.4 Å². The maximum Gasteiger partial charge on any atom is 0.251 e. The molecule has 0 aliphatic rings. The van der Waals surface area contributed by atoms with E-state index in [-0.39, 0.29) is 17.1 Å². The third kappa shape index (κ3) is 3.85. The van der Waals surface area contributed by atoms with Crippen molar-refractivity contribution < 1.29 is 4.79 Å². The summed E-state index contributed by atoms with van der Waals surface area (Å²) in [4.78, 5) is 15.9. The first-order valence-electron chi connectivity index (χ1n) is 5.93. The number of nitrogen functional groups attached to an aromatic ring is 1. The molecule has 0 saturated heterocycles. The van der Waals surface area contributed by atoms with Gasteiger partial charge in [-0.05, 0) is 25.0 Å². The van der Waals surface area contributed by atoms with Crippen LogP contribution in [0.3, 0.4) is 0 Å². The van der Waals surface area contributed by atoms with Crippen molar-refractivity contribution in [1.82, 2.24) is 10.3 Å². The zero-order valence-corrected chi connectivity index (χ0v) is 11.6. The quantitative estimate of drug-likeness (QED) is 0.435.